The molecule has 0 aliphatic rings. The van der Waals surface area contributed by atoms with Gasteiger partial charge < -0.3 is 5.32 Å². The molecule has 1 N–H and O–H groups in total. The highest BCUT2D eigenvalue weighted by molar-refractivity contribution is 6.02. The van der Waals surface area contributed by atoms with Crippen LogP contribution in [0.1, 0.15) is 69.0 Å². The Labute approximate surface area is 137 Å². The van der Waals surface area contributed by atoms with Crippen LogP contribution in [0.15, 0.2) is 12.1 Å². The molecule has 0 aromatic carbocycles. The van der Waals surface area contributed by atoms with Gasteiger partial charge in [-0.2, -0.15) is 10.2 Å². The Morgan fingerprint density at radius 3 is 2.48 bits per heavy atom. The molecule has 6 heteroatoms. The molecule has 0 spiro atoms. The van der Waals surface area contributed by atoms with E-state index in [1.165, 1.54) is 0 Å². The fourth-order valence-corrected chi connectivity index (χ4v) is 2.39. The molecule has 2 heterocycles. The van der Waals surface area contributed by atoms with E-state index in [0.717, 1.165) is 17.8 Å². The quantitative estimate of drug-likeness (QED) is 0.939. The summed E-state index contributed by atoms with van der Waals surface area (Å²) in [7, 11) is 1.78. The average Bonchev–Trinajstić information content (AvgIpc) is 3.00. The average molecular weight is 317 g/mol. The lowest BCUT2D eigenvalue weighted by molar-refractivity contribution is 0.101. The summed E-state index contributed by atoms with van der Waals surface area (Å²) in [6.07, 6.45) is 0.993. The maximum atomic E-state index is 12.5. The first-order chi connectivity index (χ1) is 10.6. The summed E-state index contributed by atoms with van der Waals surface area (Å²) in [4.78, 5) is 12.5. The van der Waals surface area contributed by atoms with Crippen molar-refractivity contribution >= 4 is 11.7 Å². The second-order valence-corrected chi connectivity index (χ2v) is 7.12. The molecule has 2 aromatic heterocycles. The van der Waals surface area contributed by atoms with Crippen LogP contribution in [0.2, 0.25) is 0 Å². The Balaban J connectivity index is 2.21. The summed E-state index contributed by atoms with van der Waals surface area (Å²) in [6, 6.07) is 4.05. The number of hydrogen-bond acceptors (Lipinski definition) is 3. The Hall–Kier alpha value is -2.11. The molecular formula is C17H27N5O. The minimum Gasteiger partial charge on any atom is -0.304 e. The molecule has 0 bridgehead atoms. The summed E-state index contributed by atoms with van der Waals surface area (Å²) in [5.41, 5.74) is 2.37. The topological polar surface area (TPSA) is 64.7 Å². The van der Waals surface area contributed by atoms with Crippen molar-refractivity contribution in [3.63, 3.8) is 0 Å². The van der Waals surface area contributed by atoms with Crippen LogP contribution in [0.5, 0.6) is 0 Å². The lowest BCUT2D eigenvalue weighted by Crippen LogP contribution is -2.17. The summed E-state index contributed by atoms with van der Waals surface area (Å²) >= 11 is 0. The van der Waals surface area contributed by atoms with E-state index in [4.69, 9.17) is 0 Å². The summed E-state index contributed by atoms with van der Waals surface area (Å²) in [5, 5.41) is 11.8. The highest BCUT2D eigenvalue weighted by Gasteiger charge is 2.22. The van der Waals surface area contributed by atoms with Gasteiger partial charge in [0.2, 0.25) is 0 Å². The minimum atomic E-state index is -0.190. The zero-order valence-electron chi connectivity index (χ0n) is 15.1. The lowest BCUT2D eigenvalue weighted by atomic mass is 9.92. The lowest BCUT2D eigenvalue weighted by Gasteiger charge is -2.13. The van der Waals surface area contributed by atoms with E-state index in [0.29, 0.717) is 17.6 Å². The van der Waals surface area contributed by atoms with Crippen LogP contribution >= 0.6 is 0 Å². The SMILES string of the molecule is CCC(C)n1nc(NC(=O)c2cc(C(C)(C)C)nn2C)cc1C. The predicted octanol–water partition coefficient (Wildman–Crippen LogP) is 3.45. The van der Waals surface area contributed by atoms with Crippen LogP contribution in [0.25, 0.3) is 0 Å². The van der Waals surface area contributed by atoms with Crippen LogP contribution in [0, 0.1) is 6.92 Å². The Kier molecular flexibility index (Phi) is 4.63. The molecule has 0 saturated carbocycles. The van der Waals surface area contributed by atoms with Crippen molar-refractivity contribution in [3.8, 4) is 0 Å². The molecular weight excluding hydrogens is 290 g/mol. The molecule has 0 saturated heterocycles. The second-order valence-electron chi connectivity index (χ2n) is 7.12. The largest absolute Gasteiger partial charge is 0.304 e. The van der Waals surface area contributed by atoms with Crippen molar-refractivity contribution in [1.29, 1.82) is 0 Å². The number of aryl methyl sites for hydroxylation is 2. The van der Waals surface area contributed by atoms with E-state index >= 15 is 0 Å². The Morgan fingerprint density at radius 1 is 1.30 bits per heavy atom. The molecule has 1 amide bonds. The fourth-order valence-electron chi connectivity index (χ4n) is 2.39. The first kappa shape index (κ1) is 17.2. The van der Waals surface area contributed by atoms with Crippen molar-refractivity contribution in [1.82, 2.24) is 19.6 Å². The first-order valence-corrected chi connectivity index (χ1v) is 8.05. The van der Waals surface area contributed by atoms with E-state index in [1.54, 1.807) is 11.7 Å². The van der Waals surface area contributed by atoms with Gasteiger partial charge in [-0.15, -0.1) is 0 Å². The number of rotatable bonds is 4. The van der Waals surface area contributed by atoms with Gasteiger partial charge in [0, 0.05) is 30.3 Å². The highest BCUT2D eigenvalue weighted by Crippen LogP contribution is 2.22. The van der Waals surface area contributed by atoms with E-state index in [9.17, 15) is 4.79 Å². The van der Waals surface area contributed by atoms with Gasteiger partial charge in [0.15, 0.2) is 5.82 Å². The van der Waals surface area contributed by atoms with Crippen LogP contribution in [0.4, 0.5) is 5.82 Å². The number of anilines is 1. The Bertz CT molecular complexity index is 705. The molecule has 0 aliphatic heterocycles. The summed E-state index contributed by atoms with van der Waals surface area (Å²) in [5.74, 6) is 0.385. The van der Waals surface area contributed by atoms with Gasteiger partial charge in [0.05, 0.1) is 5.69 Å². The van der Waals surface area contributed by atoms with Crippen molar-refractivity contribution in [2.45, 2.75) is 59.4 Å². The van der Waals surface area contributed by atoms with Gasteiger partial charge in [-0.25, -0.2) is 0 Å². The van der Waals surface area contributed by atoms with Gasteiger partial charge in [-0.3, -0.25) is 14.2 Å². The van der Waals surface area contributed by atoms with E-state index in [1.807, 2.05) is 23.7 Å². The Morgan fingerprint density at radius 2 is 1.96 bits per heavy atom. The van der Waals surface area contributed by atoms with E-state index < -0.39 is 0 Å². The number of nitrogens with one attached hydrogen (secondary N) is 1. The minimum absolute atomic E-state index is 0.0922. The van der Waals surface area contributed by atoms with Crippen LogP contribution in [0.3, 0.4) is 0 Å². The second kappa shape index (κ2) is 6.18. The maximum absolute atomic E-state index is 12.5. The van der Waals surface area contributed by atoms with Crippen molar-refractivity contribution in [2.24, 2.45) is 7.05 Å². The molecule has 6 nitrogen and oxygen atoms in total. The van der Waals surface area contributed by atoms with Gasteiger partial charge in [0.25, 0.3) is 5.91 Å². The molecule has 0 aliphatic carbocycles. The van der Waals surface area contributed by atoms with Crippen LogP contribution in [-0.4, -0.2) is 25.5 Å². The number of aromatic nitrogens is 4. The monoisotopic (exact) mass is 317 g/mol. The fraction of sp³-hybridized carbons (Fsp3) is 0.588. The molecule has 2 rings (SSSR count). The van der Waals surface area contributed by atoms with Crippen molar-refractivity contribution in [2.75, 3.05) is 5.32 Å². The van der Waals surface area contributed by atoms with Crippen LogP contribution < -0.4 is 5.32 Å². The number of amides is 1. The van der Waals surface area contributed by atoms with E-state index in [-0.39, 0.29) is 11.3 Å². The molecule has 0 radical (unpaired) electrons. The zero-order valence-corrected chi connectivity index (χ0v) is 15.1. The number of hydrogen-bond donors (Lipinski definition) is 1. The molecule has 1 atom stereocenters. The number of nitrogens with zero attached hydrogens (tertiary/aromatic N) is 4. The number of carbonyl (C=O) groups is 1. The van der Waals surface area contributed by atoms with Crippen molar-refractivity contribution < 1.29 is 4.79 Å². The van der Waals surface area contributed by atoms with Gasteiger partial charge in [-0.05, 0) is 26.3 Å². The highest BCUT2D eigenvalue weighted by atomic mass is 16.2. The predicted molar refractivity (Wildman–Crippen MR) is 91.8 cm³/mol. The third kappa shape index (κ3) is 3.63. The van der Waals surface area contributed by atoms with Gasteiger partial charge in [-0.1, -0.05) is 27.7 Å². The van der Waals surface area contributed by atoms with Gasteiger partial charge >= 0.3 is 0 Å². The molecule has 1 unspecified atom stereocenters. The van der Waals surface area contributed by atoms with E-state index in [2.05, 4.69) is 50.1 Å². The third-order valence-corrected chi connectivity index (χ3v) is 4.05. The smallest absolute Gasteiger partial charge is 0.275 e. The normalized spacial score (nSPS) is 13.2. The number of carbonyl (C=O) groups excluding carboxylic acids is 1. The molecule has 0 fully saturated rings. The van der Waals surface area contributed by atoms with Crippen molar-refractivity contribution in [3.05, 3.63) is 29.2 Å². The summed E-state index contributed by atoms with van der Waals surface area (Å²) < 4.78 is 3.56. The molecule has 23 heavy (non-hydrogen) atoms. The maximum Gasteiger partial charge on any atom is 0.275 e. The zero-order chi connectivity index (χ0) is 17.4. The summed E-state index contributed by atoms with van der Waals surface area (Å²) in [6.45, 7) is 12.5. The first-order valence-electron chi connectivity index (χ1n) is 8.05. The standard InChI is InChI=1S/C17H27N5O/c1-8-11(2)22-12(3)9-15(20-22)18-16(23)13-10-14(17(4,5)6)19-21(13)7/h9-11H,8H2,1-7H3,(H,18,20,23). The third-order valence-electron chi connectivity index (χ3n) is 4.05. The molecule has 2 aromatic rings. The van der Waals surface area contributed by atoms with Crippen LogP contribution in [-0.2, 0) is 12.5 Å². The molecule has 126 valence electrons. The van der Waals surface area contributed by atoms with Gasteiger partial charge in [0.1, 0.15) is 5.69 Å².